The molecule has 1 aromatic carbocycles. The van der Waals surface area contributed by atoms with Crippen LogP contribution in [0.15, 0.2) is 41.2 Å². The smallest absolute Gasteiger partial charge is 0.264 e. The van der Waals surface area contributed by atoms with Crippen LogP contribution in [0.25, 0.3) is 0 Å². The lowest BCUT2D eigenvalue weighted by Crippen LogP contribution is -2.26. The van der Waals surface area contributed by atoms with E-state index < -0.39 is 12.0 Å². The normalized spacial score (nSPS) is 12.0. The molecule has 0 bridgehead atoms. The van der Waals surface area contributed by atoms with Gasteiger partial charge in [-0.3, -0.25) is 4.79 Å². The summed E-state index contributed by atoms with van der Waals surface area (Å²) < 4.78 is 5.49. The first-order valence-electron chi connectivity index (χ1n) is 4.66. The molecule has 0 aliphatic heterocycles. The number of carbonyl (C=O) groups excluding carboxylic acids is 1. The second kappa shape index (κ2) is 4.76. The number of nitrogens with zero attached hydrogens (tertiary/aromatic N) is 1. The molecule has 0 saturated carbocycles. The molecule has 5 heteroatoms. The number of aromatic nitrogens is 1. The number of thiazole rings is 1. The zero-order valence-corrected chi connectivity index (χ0v) is 9.18. The van der Waals surface area contributed by atoms with Gasteiger partial charge in [0.05, 0.1) is 5.51 Å². The van der Waals surface area contributed by atoms with Crippen LogP contribution in [0.2, 0.25) is 0 Å². The summed E-state index contributed by atoms with van der Waals surface area (Å²) >= 11 is 1.40. The van der Waals surface area contributed by atoms with Crippen LogP contribution in [0.5, 0.6) is 5.75 Å². The fourth-order valence-corrected chi connectivity index (χ4v) is 1.82. The molecule has 0 aliphatic carbocycles. The molecule has 1 atom stereocenters. The highest BCUT2D eigenvalue weighted by atomic mass is 32.1. The van der Waals surface area contributed by atoms with Gasteiger partial charge in [-0.15, -0.1) is 11.3 Å². The first-order valence-corrected chi connectivity index (χ1v) is 5.61. The Kier molecular flexibility index (Phi) is 3.16. The number of ether oxygens (including phenoxy) is 1. The molecule has 2 aromatic rings. The molecule has 2 N–H and O–H groups in total. The van der Waals surface area contributed by atoms with Crippen LogP contribution in [0, 0.1) is 0 Å². The molecule has 0 spiro atoms. The molecule has 2 rings (SSSR count). The highest BCUT2D eigenvalue weighted by molar-refractivity contribution is 7.07. The number of para-hydroxylation sites is 1. The summed E-state index contributed by atoms with van der Waals surface area (Å²) in [6, 6.07) is 9.06. The Bertz CT molecular complexity index is 456. The van der Waals surface area contributed by atoms with E-state index in [0.717, 1.165) is 0 Å². The average Bonchev–Trinajstić information content (AvgIpc) is 2.80. The lowest BCUT2D eigenvalue weighted by Gasteiger charge is -2.13. The van der Waals surface area contributed by atoms with Gasteiger partial charge in [0.2, 0.25) is 6.10 Å². The molecule has 0 radical (unpaired) electrons. The second-order valence-electron chi connectivity index (χ2n) is 3.13. The number of nitrogens with two attached hydrogens (primary N) is 1. The highest BCUT2D eigenvalue weighted by Gasteiger charge is 2.21. The summed E-state index contributed by atoms with van der Waals surface area (Å²) in [5.41, 5.74) is 7.46. The number of amides is 1. The van der Waals surface area contributed by atoms with Crippen LogP contribution in [-0.2, 0) is 4.79 Å². The van der Waals surface area contributed by atoms with E-state index in [1.165, 1.54) is 11.3 Å². The lowest BCUT2D eigenvalue weighted by atomic mass is 10.2. The molecule has 4 nitrogen and oxygen atoms in total. The van der Waals surface area contributed by atoms with Crippen molar-refractivity contribution >= 4 is 17.2 Å². The van der Waals surface area contributed by atoms with Gasteiger partial charge in [0.25, 0.3) is 5.91 Å². The van der Waals surface area contributed by atoms with Gasteiger partial charge >= 0.3 is 0 Å². The number of carbonyl (C=O) groups is 1. The maximum Gasteiger partial charge on any atom is 0.264 e. The third kappa shape index (κ3) is 2.38. The molecule has 82 valence electrons. The van der Waals surface area contributed by atoms with Crippen molar-refractivity contribution in [3.8, 4) is 5.75 Å². The van der Waals surface area contributed by atoms with E-state index in [1.807, 2.05) is 18.2 Å². The first kappa shape index (κ1) is 10.6. The molecule has 1 amide bonds. The fourth-order valence-electron chi connectivity index (χ4n) is 1.25. The van der Waals surface area contributed by atoms with Crippen LogP contribution in [0.1, 0.15) is 11.8 Å². The monoisotopic (exact) mass is 234 g/mol. The number of primary amides is 1. The van der Waals surface area contributed by atoms with E-state index in [-0.39, 0.29) is 0 Å². The minimum atomic E-state index is -0.825. The predicted octanol–water partition coefficient (Wildman–Crippen LogP) is 1.75. The van der Waals surface area contributed by atoms with Gasteiger partial charge in [-0.25, -0.2) is 4.98 Å². The van der Waals surface area contributed by atoms with Crippen LogP contribution in [0.4, 0.5) is 0 Å². The van der Waals surface area contributed by atoms with Crippen molar-refractivity contribution in [2.45, 2.75) is 6.10 Å². The molecule has 1 unspecified atom stereocenters. The van der Waals surface area contributed by atoms with E-state index in [9.17, 15) is 4.79 Å². The Morgan fingerprint density at radius 3 is 2.69 bits per heavy atom. The third-order valence-electron chi connectivity index (χ3n) is 1.98. The van der Waals surface area contributed by atoms with Crippen molar-refractivity contribution in [2.24, 2.45) is 5.73 Å². The Balaban J connectivity index is 2.19. The molecule has 1 heterocycles. The Labute approximate surface area is 96.7 Å². The highest BCUT2D eigenvalue weighted by Crippen LogP contribution is 2.21. The van der Waals surface area contributed by atoms with E-state index in [1.54, 1.807) is 23.0 Å². The Morgan fingerprint density at radius 1 is 1.38 bits per heavy atom. The summed E-state index contributed by atoms with van der Waals surface area (Å²) in [6.07, 6.45) is -0.825. The van der Waals surface area contributed by atoms with Gasteiger partial charge in [0, 0.05) is 5.38 Å². The van der Waals surface area contributed by atoms with E-state index in [2.05, 4.69) is 4.98 Å². The summed E-state index contributed by atoms with van der Waals surface area (Å²) in [5, 5.41) is 1.75. The van der Waals surface area contributed by atoms with Crippen molar-refractivity contribution in [1.29, 1.82) is 0 Å². The van der Waals surface area contributed by atoms with Crippen LogP contribution >= 0.6 is 11.3 Å². The summed E-state index contributed by atoms with van der Waals surface area (Å²) in [5.74, 6) is 0.0500. The minimum Gasteiger partial charge on any atom is -0.474 e. The predicted molar refractivity (Wildman–Crippen MR) is 61.1 cm³/mol. The van der Waals surface area contributed by atoms with Gasteiger partial charge < -0.3 is 10.5 Å². The molecule has 0 saturated heterocycles. The Hall–Kier alpha value is -1.88. The van der Waals surface area contributed by atoms with E-state index in [0.29, 0.717) is 11.4 Å². The summed E-state index contributed by atoms with van der Waals surface area (Å²) in [7, 11) is 0. The van der Waals surface area contributed by atoms with Crippen molar-refractivity contribution in [2.75, 3.05) is 0 Å². The van der Waals surface area contributed by atoms with Crippen molar-refractivity contribution in [1.82, 2.24) is 4.98 Å². The number of benzene rings is 1. The Morgan fingerprint density at radius 2 is 2.12 bits per heavy atom. The largest absolute Gasteiger partial charge is 0.474 e. The molecule has 1 aromatic heterocycles. The van der Waals surface area contributed by atoms with Crippen LogP contribution < -0.4 is 10.5 Å². The van der Waals surface area contributed by atoms with Crippen molar-refractivity contribution < 1.29 is 9.53 Å². The maximum absolute atomic E-state index is 11.3. The van der Waals surface area contributed by atoms with Gasteiger partial charge in [-0.1, -0.05) is 18.2 Å². The third-order valence-corrected chi connectivity index (χ3v) is 2.58. The molecular weight excluding hydrogens is 224 g/mol. The summed E-state index contributed by atoms with van der Waals surface area (Å²) in [6.45, 7) is 0. The zero-order valence-electron chi connectivity index (χ0n) is 8.37. The van der Waals surface area contributed by atoms with Gasteiger partial charge in [0.15, 0.2) is 0 Å². The summed E-state index contributed by atoms with van der Waals surface area (Å²) in [4.78, 5) is 15.3. The number of rotatable bonds is 4. The van der Waals surface area contributed by atoms with Crippen molar-refractivity contribution in [3.63, 3.8) is 0 Å². The molecule has 16 heavy (non-hydrogen) atoms. The number of hydrogen-bond donors (Lipinski definition) is 1. The standard InChI is InChI=1S/C11H10N2O2S/c12-11(14)10(9-6-16-7-13-9)15-8-4-2-1-3-5-8/h1-7,10H,(H2,12,14). The molecule has 0 aliphatic rings. The average molecular weight is 234 g/mol. The molecular formula is C11H10N2O2S. The minimum absolute atomic E-state index is 0.543. The fraction of sp³-hybridized carbons (Fsp3) is 0.0909. The topological polar surface area (TPSA) is 65.2 Å². The van der Waals surface area contributed by atoms with Gasteiger partial charge in [-0.05, 0) is 12.1 Å². The first-order chi connectivity index (χ1) is 7.77. The lowest BCUT2D eigenvalue weighted by molar-refractivity contribution is -0.125. The van der Waals surface area contributed by atoms with E-state index >= 15 is 0 Å². The van der Waals surface area contributed by atoms with Gasteiger partial charge in [-0.2, -0.15) is 0 Å². The van der Waals surface area contributed by atoms with Crippen LogP contribution in [0.3, 0.4) is 0 Å². The van der Waals surface area contributed by atoms with E-state index in [4.69, 9.17) is 10.5 Å². The zero-order chi connectivity index (χ0) is 11.4. The second-order valence-corrected chi connectivity index (χ2v) is 3.85. The number of hydrogen-bond acceptors (Lipinski definition) is 4. The van der Waals surface area contributed by atoms with Gasteiger partial charge in [0.1, 0.15) is 11.4 Å². The van der Waals surface area contributed by atoms with Crippen molar-refractivity contribution in [3.05, 3.63) is 46.9 Å². The molecule has 0 fully saturated rings. The maximum atomic E-state index is 11.3. The SMILES string of the molecule is NC(=O)C(Oc1ccccc1)c1cscn1. The van der Waals surface area contributed by atoms with Crippen LogP contribution in [-0.4, -0.2) is 10.9 Å². The quantitative estimate of drug-likeness (QED) is 0.876.